The van der Waals surface area contributed by atoms with Crippen molar-refractivity contribution in [2.24, 2.45) is 11.7 Å². The second kappa shape index (κ2) is 13.9. The summed E-state index contributed by atoms with van der Waals surface area (Å²) in [6.07, 6.45) is 2.38. The number of imidazole rings is 1. The molecule has 0 aliphatic heterocycles. The number of H-pyrrole nitrogens is 1. The number of rotatable bonds is 15. The molecule has 0 aromatic carbocycles. The molecule has 0 spiro atoms. The third-order valence-electron chi connectivity index (χ3n) is 5.20. The van der Waals surface area contributed by atoms with Crippen LogP contribution in [0.2, 0.25) is 0 Å². The Morgan fingerprint density at radius 3 is 2.18 bits per heavy atom. The zero-order chi connectivity index (χ0) is 25.8. The van der Waals surface area contributed by atoms with Gasteiger partial charge in [0.2, 0.25) is 17.7 Å². The molecule has 190 valence electrons. The summed E-state index contributed by atoms with van der Waals surface area (Å²) in [4.78, 5) is 67.1. The van der Waals surface area contributed by atoms with E-state index in [-0.39, 0.29) is 12.8 Å². The minimum Gasteiger partial charge on any atom is -0.481 e. The van der Waals surface area contributed by atoms with Crippen LogP contribution >= 0.6 is 0 Å². The summed E-state index contributed by atoms with van der Waals surface area (Å²) in [6, 6.07) is -5.18. The summed E-state index contributed by atoms with van der Waals surface area (Å²) in [5.41, 5.74) is 5.91. The van der Waals surface area contributed by atoms with Gasteiger partial charge in [-0.1, -0.05) is 20.3 Å². The number of amides is 3. The van der Waals surface area contributed by atoms with Crippen LogP contribution in [0, 0.1) is 5.92 Å². The Kier molecular flexibility index (Phi) is 11.7. The summed E-state index contributed by atoms with van der Waals surface area (Å²) in [5.74, 6) is -5.40. The third kappa shape index (κ3) is 9.15. The highest BCUT2D eigenvalue weighted by Gasteiger charge is 2.32. The number of aliphatic hydroxyl groups excluding tert-OH is 1. The van der Waals surface area contributed by atoms with E-state index in [0.717, 1.165) is 0 Å². The van der Waals surface area contributed by atoms with Gasteiger partial charge in [-0.15, -0.1) is 0 Å². The number of aliphatic hydroxyl groups is 1. The van der Waals surface area contributed by atoms with Crippen LogP contribution in [0.5, 0.6) is 0 Å². The van der Waals surface area contributed by atoms with E-state index < -0.39 is 72.8 Å². The molecule has 0 fully saturated rings. The van der Waals surface area contributed by atoms with Gasteiger partial charge >= 0.3 is 11.9 Å². The van der Waals surface area contributed by atoms with Crippen LogP contribution in [0.1, 0.15) is 38.8 Å². The first kappa shape index (κ1) is 28.5. The molecular formula is C20H32N6O8. The molecule has 1 aromatic rings. The lowest BCUT2D eigenvalue weighted by Gasteiger charge is -2.26. The van der Waals surface area contributed by atoms with Gasteiger partial charge in [0, 0.05) is 24.7 Å². The first-order valence-electron chi connectivity index (χ1n) is 10.7. The molecule has 1 rings (SSSR count). The number of aliphatic carboxylic acids is 2. The average Bonchev–Trinajstić information content (AvgIpc) is 3.30. The second-order valence-electron chi connectivity index (χ2n) is 7.83. The zero-order valence-electron chi connectivity index (χ0n) is 19.0. The summed E-state index contributed by atoms with van der Waals surface area (Å²) >= 11 is 0. The van der Waals surface area contributed by atoms with Crippen LogP contribution in [-0.2, 0) is 30.4 Å². The predicted octanol–water partition coefficient (Wildman–Crippen LogP) is -2.28. The van der Waals surface area contributed by atoms with Crippen molar-refractivity contribution in [2.45, 2.75) is 63.7 Å². The number of aromatic nitrogens is 2. The van der Waals surface area contributed by atoms with E-state index in [2.05, 4.69) is 25.9 Å². The van der Waals surface area contributed by atoms with Crippen molar-refractivity contribution in [3.63, 3.8) is 0 Å². The van der Waals surface area contributed by atoms with Crippen molar-refractivity contribution in [3.8, 4) is 0 Å². The van der Waals surface area contributed by atoms with Gasteiger partial charge in [0.15, 0.2) is 0 Å². The van der Waals surface area contributed by atoms with Crippen LogP contribution in [-0.4, -0.2) is 85.7 Å². The normalized spacial score (nSPS) is 15.3. The van der Waals surface area contributed by atoms with Crippen molar-refractivity contribution < 1.29 is 39.3 Å². The van der Waals surface area contributed by atoms with Crippen molar-refractivity contribution in [2.75, 3.05) is 6.61 Å². The standard InChI is InChI=1S/C20H32N6O8/c1-3-10(2)16(20(33)34)26-19(32)14(6-11-7-22-9-23-11)25-18(31)13(4-5-15(28)29)24-17(30)12(21)8-27/h7,9-10,12-14,16,27H,3-6,8,21H2,1-2H3,(H,22,23)(H,24,30)(H,25,31)(H,26,32)(H,28,29)(H,33,34). The molecule has 1 aromatic heterocycles. The van der Waals surface area contributed by atoms with Gasteiger partial charge in [0.05, 0.1) is 12.9 Å². The van der Waals surface area contributed by atoms with Crippen LogP contribution in [0.15, 0.2) is 12.5 Å². The topological polar surface area (TPSA) is 237 Å². The van der Waals surface area contributed by atoms with Gasteiger partial charge in [0.1, 0.15) is 24.2 Å². The lowest BCUT2D eigenvalue weighted by atomic mass is 9.98. The Hall–Kier alpha value is -3.52. The van der Waals surface area contributed by atoms with Gasteiger partial charge in [-0.2, -0.15) is 0 Å². The second-order valence-corrected chi connectivity index (χ2v) is 7.83. The van der Waals surface area contributed by atoms with Gasteiger partial charge in [-0.05, 0) is 12.3 Å². The van der Waals surface area contributed by atoms with E-state index in [1.807, 2.05) is 0 Å². The number of carbonyl (C=O) groups excluding carboxylic acids is 3. The summed E-state index contributed by atoms with van der Waals surface area (Å²) < 4.78 is 0. The molecule has 5 unspecified atom stereocenters. The number of carboxylic acids is 2. The fraction of sp³-hybridized carbons (Fsp3) is 0.600. The van der Waals surface area contributed by atoms with Crippen molar-refractivity contribution in [1.82, 2.24) is 25.9 Å². The van der Waals surface area contributed by atoms with Crippen LogP contribution in [0.3, 0.4) is 0 Å². The number of nitrogens with two attached hydrogens (primary N) is 1. The quantitative estimate of drug-likeness (QED) is 0.133. The Balaban J connectivity index is 3.10. The molecule has 14 nitrogen and oxygen atoms in total. The lowest BCUT2D eigenvalue weighted by Crippen LogP contribution is -2.58. The van der Waals surface area contributed by atoms with Crippen LogP contribution < -0.4 is 21.7 Å². The van der Waals surface area contributed by atoms with Crippen LogP contribution in [0.25, 0.3) is 0 Å². The number of aromatic amines is 1. The van der Waals surface area contributed by atoms with Crippen molar-refractivity contribution in [1.29, 1.82) is 0 Å². The first-order valence-corrected chi connectivity index (χ1v) is 10.7. The number of nitrogens with zero attached hydrogens (tertiary/aromatic N) is 1. The van der Waals surface area contributed by atoms with E-state index in [0.29, 0.717) is 12.1 Å². The SMILES string of the molecule is CCC(C)C(NC(=O)C(Cc1cnc[nH]1)NC(=O)C(CCC(=O)O)NC(=O)C(N)CO)C(=O)O. The van der Waals surface area contributed by atoms with Gasteiger partial charge in [0.25, 0.3) is 0 Å². The third-order valence-corrected chi connectivity index (χ3v) is 5.20. The molecule has 0 radical (unpaired) electrons. The molecule has 3 amide bonds. The maximum absolute atomic E-state index is 12.9. The van der Waals surface area contributed by atoms with E-state index in [9.17, 15) is 29.1 Å². The predicted molar refractivity (Wildman–Crippen MR) is 117 cm³/mol. The molecule has 1 heterocycles. The number of carboxylic acid groups (broad SMARTS) is 2. The van der Waals surface area contributed by atoms with Crippen LogP contribution in [0.4, 0.5) is 0 Å². The number of nitrogens with one attached hydrogen (secondary N) is 4. The Labute approximate surface area is 195 Å². The molecule has 34 heavy (non-hydrogen) atoms. The molecule has 0 aliphatic carbocycles. The van der Waals surface area contributed by atoms with Crippen molar-refractivity contribution in [3.05, 3.63) is 18.2 Å². The molecule has 0 saturated heterocycles. The minimum atomic E-state index is -1.37. The first-order chi connectivity index (χ1) is 16.0. The van der Waals surface area contributed by atoms with Crippen molar-refractivity contribution >= 4 is 29.7 Å². The Morgan fingerprint density at radius 1 is 1.06 bits per heavy atom. The molecule has 14 heteroatoms. The smallest absolute Gasteiger partial charge is 0.326 e. The van der Waals surface area contributed by atoms with E-state index in [4.69, 9.17) is 15.9 Å². The maximum Gasteiger partial charge on any atom is 0.326 e. The largest absolute Gasteiger partial charge is 0.481 e. The van der Waals surface area contributed by atoms with Gasteiger partial charge in [-0.3, -0.25) is 19.2 Å². The Morgan fingerprint density at radius 2 is 1.68 bits per heavy atom. The fourth-order valence-corrected chi connectivity index (χ4v) is 2.93. The monoisotopic (exact) mass is 484 g/mol. The number of hydrogen-bond acceptors (Lipinski definition) is 8. The molecular weight excluding hydrogens is 452 g/mol. The zero-order valence-corrected chi connectivity index (χ0v) is 19.0. The van der Waals surface area contributed by atoms with Gasteiger partial charge in [-0.25, -0.2) is 9.78 Å². The Bertz CT molecular complexity index is 846. The molecule has 9 N–H and O–H groups in total. The highest BCUT2D eigenvalue weighted by molar-refractivity contribution is 5.94. The summed E-state index contributed by atoms with van der Waals surface area (Å²) in [5, 5.41) is 34.6. The minimum absolute atomic E-state index is 0.0832. The summed E-state index contributed by atoms with van der Waals surface area (Å²) in [7, 11) is 0. The van der Waals surface area contributed by atoms with Gasteiger partial charge < -0.3 is 42.0 Å². The summed E-state index contributed by atoms with van der Waals surface area (Å²) in [6.45, 7) is 2.73. The molecule has 0 saturated carbocycles. The molecule has 0 bridgehead atoms. The van der Waals surface area contributed by atoms with E-state index >= 15 is 0 Å². The lowest BCUT2D eigenvalue weighted by molar-refractivity contribution is -0.143. The molecule has 0 aliphatic rings. The fourth-order valence-electron chi connectivity index (χ4n) is 2.93. The number of hydrogen-bond donors (Lipinski definition) is 8. The van der Waals surface area contributed by atoms with E-state index in [1.165, 1.54) is 12.5 Å². The highest BCUT2D eigenvalue weighted by atomic mass is 16.4. The maximum atomic E-state index is 12.9. The van der Waals surface area contributed by atoms with E-state index in [1.54, 1.807) is 13.8 Å². The highest BCUT2D eigenvalue weighted by Crippen LogP contribution is 2.10. The molecule has 5 atom stereocenters. The number of carbonyl (C=O) groups is 5. The average molecular weight is 485 g/mol.